The molecule has 3 nitrogen and oxygen atoms in total. The van der Waals surface area contributed by atoms with E-state index >= 15 is 0 Å². The molecule has 0 amide bonds. The largest absolute Gasteiger partial charge is 0.508 e. The molecule has 0 heterocycles. The number of hydrogen-bond donors (Lipinski definition) is 3. The van der Waals surface area contributed by atoms with Gasteiger partial charge in [0, 0.05) is 13.2 Å². The molecule has 0 aliphatic rings. The van der Waals surface area contributed by atoms with Gasteiger partial charge in [0.15, 0.2) is 0 Å². The Kier molecular flexibility index (Phi) is 5.90. The average molecular weight is 223 g/mol. The molecule has 0 spiro atoms. The number of hydrogen-bond acceptors (Lipinski definition) is 3. The van der Waals surface area contributed by atoms with Crippen molar-refractivity contribution in [3.05, 3.63) is 29.8 Å². The molecule has 1 rings (SSSR count). The van der Waals surface area contributed by atoms with Gasteiger partial charge >= 0.3 is 0 Å². The van der Waals surface area contributed by atoms with Gasteiger partial charge in [-0.05, 0) is 36.6 Å². The predicted octanol–water partition coefficient (Wildman–Crippen LogP) is 1.89. The Morgan fingerprint density at radius 3 is 2.81 bits per heavy atom. The highest BCUT2D eigenvalue weighted by atomic mass is 16.3. The normalized spacial score (nSPS) is 12.6. The molecule has 0 aliphatic carbocycles. The van der Waals surface area contributed by atoms with E-state index in [1.807, 2.05) is 12.1 Å². The number of aliphatic hydroxyl groups is 1. The van der Waals surface area contributed by atoms with E-state index < -0.39 is 0 Å². The molecule has 1 aromatic carbocycles. The Morgan fingerprint density at radius 2 is 2.19 bits per heavy atom. The first kappa shape index (κ1) is 13.0. The van der Waals surface area contributed by atoms with Crippen LogP contribution in [0.15, 0.2) is 24.3 Å². The molecule has 16 heavy (non-hydrogen) atoms. The van der Waals surface area contributed by atoms with Crippen LogP contribution in [0.2, 0.25) is 0 Å². The van der Waals surface area contributed by atoms with Gasteiger partial charge in [0.1, 0.15) is 5.75 Å². The molecular weight excluding hydrogens is 202 g/mol. The first-order valence-corrected chi connectivity index (χ1v) is 5.85. The van der Waals surface area contributed by atoms with Gasteiger partial charge < -0.3 is 15.5 Å². The van der Waals surface area contributed by atoms with E-state index in [2.05, 4.69) is 12.2 Å². The summed E-state index contributed by atoms with van der Waals surface area (Å²) in [5, 5.41) is 21.5. The summed E-state index contributed by atoms with van der Waals surface area (Å²) in [5.41, 5.74) is 1.08. The smallest absolute Gasteiger partial charge is 0.115 e. The summed E-state index contributed by atoms with van der Waals surface area (Å²) in [7, 11) is 0. The van der Waals surface area contributed by atoms with Crippen LogP contribution < -0.4 is 5.32 Å². The zero-order valence-corrected chi connectivity index (χ0v) is 9.82. The van der Waals surface area contributed by atoms with Crippen LogP contribution in [0.4, 0.5) is 0 Å². The Bertz CT molecular complexity index is 302. The van der Waals surface area contributed by atoms with Crippen molar-refractivity contribution in [3.63, 3.8) is 0 Å². The third-order valence-electron chi connectivity index (χ3n) is 2.79. The number of phenolic OH excluding ortho intramolecular Hbond substituents is 1. The summed E-state index contributed by atoms with van der Waals surface area (Å²) >= 11 is 0. The lowest BCUT2D eigenvalue weighted by Gasteiger charge is -2.14. The summed E-state index contributed by atoms with van der Waals surface area (Å²) in [6.07, 6.45) is 1.93. The molecule has 0 radical (unpaired) electrons. The van der Waals surface area contributed by atoms with E-state index in [0.29, 0.717) is 11.7 Å². The van der Waals surface area contributed by atoms with Crippen LogP contribution in [-0.2, 0) is 6.54 Å². The lowest BCUT2D eigenvalue weighted by molar-refractivity contribution is 0.251. The number of benzene rings is 1. The fourth-order valence-corrected chi connectivity index (χ4v) is 1.72. The molecule has 0 saturated carbocycles. The van der Waals surface area contributed by atoms with Gasteiger partial charge in [0.25, 0.3) is 0 Å². The van der Waals surface area contributed by atoms with Crippen LogP contribution in [-0.4, -0.2) is 23.4 Å². The van der Waals surface area contributed by atoms with Crippen molar-refractivity contribution in [2.45, 2.75) is 26.3 Å². The van der Waals surface area contributed by atoms with E-state index in [-0.39, 0.29) is 6.61 Å². The monoisotopic (exact) mass is 223 g/mol. The summed E-state index contributed by atoms with van der Waals surface area (Å²) < 4.78 is 0. The first-order valence-electron chi connectivity index (χ1n) is 5.85. The summed E-state index contributed by atoms with van der Waals surface area (Å²) in [5.74, 6) is 0.837. The lowest BCUT2D eigenvalue weighted by Crippen LogP contribution is -2.22. The highest BCUT2D eigenvalue weighted by Crippen LogP contribution is 2.11. The minimum Gasteiger partial charge on any atom is -0.508 e. The minimum absolute atomic E-state index is 0.256. The molecule has 0 saturated heterocycles. The number of nitrogens with one attached hydrogen (secondary N) is 1. The lowest BCUT2D eigenvalue weighted by atomic mass is 10.0. The minimum atomic E-state index is 0.256. The van der Waals surface area contributed by atoms with Crippen molar-refractivity contribution in [2.75, 3.05) is 13.2 Å². The average Bonchev–Trinajstić information content (AvgIpc) is 2.28. The fourth-order valence-electron chi connectivity index (χ4n) is 1.72. The summed E-state index contributed by atoms with van der Waals surface area (Å²) in [6, 6.07) is 7.27. The second-order valence-electron chi connectivity index (χ2n) is 4.09. The van der Waals surface area contributed by atoms with Gasteiger partial charge in [-0.25, -0.2) is 0 Å². The van der Waals surface area contributed by atoms with Gasteiger partial charge in [0.2, 0.25) is 0 Å². The Labute approximate surface area is 97.1 Å². The maximum absolute atomic E-state index is 9.29. The maximum atomic E-state index is 9.29. The first-order chi connectivity index (χ1) is 7.76. The van der Waals surface area contributed by atoms with E-state index in [1.54, 1.807) is 12.1 Å². The highest BCUT2D eigenvalue weighted by Gasteiger charge is 2.04. The van der Waals surface area contributed by atoms with E-state index in [4.69, 9.17) is 5.11 Å². The molecule has 0 fully saturated rings. The Hall–Kier alpha value is -1.06. The molecule has 3 heteroatoms. The quantitative estimate of drug-likeness (QED) is 0.661. The molecular formula is C13H21NO2. The third-order valence-corrected chi connectivity index (χ3v) is 2.79. The van der Waals surface area contributed by atoms with Crippen molar-refractivity contribution < 1.29 is 10.2 Å². The van der Waals surface area contributed by atoms with Crippen molar-refractivity contribution in [2.24, 2.45) is 5.92 Å². The van der Waals surface area contributed by atoms with Crippen LogP contribution >= 0.6 is 0 Å². The van der Waals surface area contributed by atoms with Crippen molar-refractivity contribution >= 4 is 0 Å². The van der Waals surface area contributed by atoms with Gasteiger partial charge in [-0.2, -0.15) is 0 Å². The summed E-state index contributed by atoms with van der Waals surface area (Å²) in [6.45, 7) is 4.06. The fraction of sp³-hybridized carbons (Fsp3) is 0.538. The molecule has 90 valence electrons. The number of phenols is 1. The molecule has 0 bridgehead atoms. The highest BCUT2D eigenvalue weighted by molar-refractivity contribution is 5.26. The predicted molar refractivity (Wildman–Crippen MR) is 65.3 cm³/mol. The van der Waals surface area contributed by atoms with Crippen LogP contribution in [0.1, 0.15) is 25.3 Å². The van der Waals surface area contributed by atoms with Crippen LogP contribution in [0, 0.1) is 5.92 Å². The van der Waals surface area contributed by atoms with Crippen LogP contribution in [0.3, 0.4) is 0 Å². The van der Waals surface area contributed by atoms with Gasteiger partial charge in [-0.1, -0.05) is 25.5 Å². The van der Waals surface area contributed by atoms with Crippen molar-refractivity contribution in [1.29, 1.82) is 0 Å². The van der Waals surface area contributed by atoms with Crippen LogP contribution in [0.25, 0.3) is 0 Å². The van der Waals surface area contributed by atoms with Gasteiger partial charge in [-0.15, -0.1) is 0 Å². The van der Waals surface area contributed by atoms with Crippen molar-refractivity contribution in [3.8, 4) is 5.75 Å². The topological polar surface area (TPSA) is 52.5 Å². The molecule has 3 N–H and O–H groups in total. The number of aliphatic hydroxyl groups excluding tert-OH is 1. The Balaban J connectivity index is 2.29. The summed E-state index contributed by atoms with van der Waals surface area (Å²) in [4.78, 5) is 0. The molecule has 1 unspecified atom stereocenters. The van der Waals surface area contributed by atoms with Gasteiger partial charge in [0.05, 0.1) is 0 Å². The molecule has 0 aliphatic heterocycles. The number of rotatable bonds is 7. The second-order valence-corrected chi connectivity index (χ2v) is 4.09. The van der Waals surface area contributed by atoms with E-state index in [1.165, 1.54) is 0 Å². The van der Waals surface area contributed by atoms with Gasteiger partial charge in [-0.3, -0.25) is 0 Å². The van der Waals surface area contributed by atoms with E-state index in [0.717, 1.165) is 31.5 Å². The maximum Gasteiger partial charge on any atom is 0.115 e. The molecule has 1 atom stereocenters. The molecule has 1 aromatic rings. The standard InChI is InChI=1S/C13H21NO2/c1-2-11(6-7-15)9-14-10-12-4-3-5-13(16)8-12/h3-5,8,11,14-16H,2,6-7,9-10H2,1H3. The van der Waals surface area contributed by atoms with Crippen LogP contribution in [0.5, 0.6) is 5.75 Å². The Morgan fingerprint density at radius 1 is 1.38 bits per heavy atom. The third kappa shape index (κ3) is 4.64. The van der Waals surface area contributed by atoms with E-state index in [9.17, 15) is 5.11 Å². The zero-order valence-electron chi connectivity index (χ0n) is 9.82. The number of aromatic hydroxyl groups is 1. The molecule has 0 aromatic heterocycles. The zero-order chi connectivity index (χ0) is 11.8. The second kappa shape index (κ2) is 7.25. The van der Waals surface area contributed by atoms with Crippen molar-refractivity contribution in [1.82, 2.24) is 5.32 Å². The SMILES string of the molecule is CCC(CCO)CNCc1cccc(O)c1.